The Hall–Kier alpha value is -2.56. The van der Waals surface area contributed by atoms with Crippen LogP contribution in [0.2, 0.25) is 0 Å². The Kier molecular flexibility index (Phi) is 2.57. The first kappa shape index (κ1) is 10.6. The van der Waals surface area contributed by atoms with Crippen molar-refractivity contribution in [2.45, 2.75) is 0 Å². The van der Waals surface area contributed by atoms with E-state index in [4.69, 9.17) is 0 Å². The summed E-state index contributed by atoms with van der Waals surface area (Å²) in [6, 6.07) is 9.97. The van der Waals surface area contributed by atoms with Gasteiger partial charge >= 0.3 is 0 Å². The maximum Gasteiger partial charge on any atom is 0.175 e. The lowest BCUT2D eigenvalue weighted by atomic mass is 10.1. The van der Waals surface area contributed by atoms with Crippen molar-refractivity contribution in [2.75, 3.05) is 0 Å². The lowest BCUT2D eigenvalue weighted by Crippen LogP contribution is -1.97. The number of rotatable bonds is 2. The second-order valence-electron chi connectivity index (χ2n) is 3.77. The van der Waals surface area contributed by atoms with E-state index in [9.17, 15) is 4.39 Å². The molecule has 2 heterocycles. The van der Waals surface area contributed by atoms with Crippen LogP contribution in [0.1, 0.15) is 0 Å². The van der Waals surface area contributed by atoms with Gasteiger partial charge in [0.1, 0.15) is 5.82 Å². The van der Waals surface area contributed by atoms with Crippen LogP contribution in [-0.2, 0) is 0 Å². The lowest BCUT2D eigenvalue weighted by molar-refractivity contribution is 0.628. The van der Waals surface area contributed by atoms with Gasteiger partial charge in [-0.25, -0.2) is 9.07 Å². The van der Waals surface area contributed by atoms with Crippen molar-refractivity contribution in [1.82, 2.24) is 20.0 Å². The lowest BCUT2D eigenvalue weighted by Gasteiger charge is -1.98. The number of aromatic nitrogens is 4. The number of nitrogens with zero attached hydrogens (tertiary/aromatic N) is 4. The number of benzene rings is 1. The van der Waals surface area contributed by atoms with Crippen LogP contribution in [0.3, 0.4) is 0 Å². The quantitative estimate of drug-likeness (QED) is 0.691. The van der Waals surface area contributed by atoms with E-state index in [2.05, 4.69) is 15.3 Å². The van der Waals surface area contributed by atoms with Crippen LogP contribution in [0.5, 0.6) is 0 Å². The van der Waals surface area contributed by atoms with Gasteiger partial charge in [-0.1, -0.05) is 12.1 Å². The van der Waals surface area contributed by atoms with Gasteiger partial charge in [0.05, 0.1) is 6.20 Å². The van der Waals surface area contributed by atoms with Crippen LogP contribution >= 0.6 is 0 Å². The van der Waals surface area contributed by atoms with Crippen molar-refractivity contribution in [3.05, 3.63) is 60.8 Å². The Morgan fingerprint density at radius 3 is 2.78 bits per heavy atom. The van der Waals surface area contributed by atoms with Crippen LogP contribution in [0.15, 0.2) is 55.0 Å². The second-order valence-corrected chi connectivity index (χ2v) is 3.77. The zero-order chi connectivity index (χ0) is 12.4. The molecule has 0 saturated carbocycles. The second kappa shape index (κ2) is 4.37. The molecule has 0 N–H and O–H groups in total. The molecule has 0 spiro atoms. The van der Waals surface area contributed by atoms with Gasteiger partial charge in [0.15, 0.2) is 5.82 Å². The summed E-state index contributed by atoms with van der Waals surface area (Å²) in [7, 11) is 0. The normalized spacial score (nSPS) is 10.5. The van der Waals surface area contributed by atoms with E-state index in [0.29, 0.717) is 5.82 Å². The smallest absolute Gasteiger partial charge is 0.175 e. The Labute approximate surface area is 103 Å². The molecule has 0 saturated heterocycles. The molecule has 0 aliphatic rings. The summed E-state index contributed by atoms with van der Waals surface area (Å²) in [6.07, 6.45) is 5.06. The van der Waals surface area contributed by atoms with Gasteiger partial charge in [-0.15, -0.1) is 5.10 Å². The molecule has 4 nitrogen and oxygen atoms in total. The molecule has 0 atom stereocenters. The summed E-state index contributed by atoms with van der Waals surface area (Å²) in [6.45, 7) is 0. The SMILES string of the molecule is Fc1cccc(-c2cnn(-c3cccnn3)c2)c1. The van der Waals surface area contributed by atoms with Gasteiger partial charge in [0.25, 0.3) is 0 Å². The molecule has 0 aliphatic heterocycles. The highest BCUT2D eigenvalue weighted by atomic mass is 19.1. The average molecular weight is 240 g/mol. The number of hydrogen-bond donors (Lipinski definition) is 0. The standard InChI is InChI=1S/C13H9FN4/c14-12-4-1-3-10(7-12)11-8-16-18(9-11)13-5-2-6-15-17-13/h1-9H. The number of hydrogen-bond acceptors (Lipinski definition) is 3. The molecular formula is C13H9FN4. The topological polar surface area (TPSA) is 43.6 Å². The van der Waals surface area contributed by atoms with E-state index in [0.717, 1.165) is 11.1 Å². The minimum Gasteiger partial charge on any atom is -0.220 e. The largest absolute Gasteiger partial charge is 0.220 e. The van der Waals surface area contributed by atoms with Crippen molar-refractivity contribution in [3.8, 4) is 16.9 Å². The van der Waals surface area contributed by atoms with Crippen molar-refractivity contribution in [1.29, 1.82) is 0 Å². The van der Waals surface area contributed by atoms with Crippen molar-refractivity contribution < 1.29 is 4.39 Å². The van der Waals surface area contributed by atoms with Gasteiger partial charge in [0, 0.05) is 18.0 Å². The van der Waals surface area contributed by atoms with E-state index in [1.54, 1.807) is 41.5 Å². The van der Waals surface area contributed by atoms with Crippen LogP contribution < -0.4 is 0 Å². The molecule has 5 heteroatoms. The maximum absolute atomic E-state index is 13.1. The van der Waals surface area contributed by atoms with Crippen LogP contribution in [0, 0.1) is 5.82 Å². The van der Waals surface area contributed by atoms with Crippen LogP contribution in [-0.4, -0.2) is 20.0 Å². The fourth-order valence-corrected chi connectivity index (χ4v) is 1.68. The van der Waals surface area contributed by atoms with Crippen LogP contribution in [0.4, 0.5) is 4.39 Å². The van der Waals surface area contributed by atoms with Crippen molar-refractivity contribution >= 4 is 0 Å². The summed E-state index contributed by atoms with van der Waals surface area (Å²) in [5.74, 6) is 0.361. The van der Waals surface area contributed by atoms with Crippen LogP contribution in [0.25, 0.3) is 16.9 Å². The van der Waals surface area contributed by atoms with Crippen molar-refractivity contribution in [3.63, 3.8) is 0 Å². The molecule has 0 unspecified atom stereocenters. The van der Waals surface area contributed by atoms with E-state index in [1.165, 1.54) is 12.1 Å². The molecule has 0 radical (unpaired) electrons. The Balaban J connectivity index is 2.00. The third kappa shape index (κ3) is 1.98. The number of halogens is 1. The molecular weight excluding hydrogens is 231 g/mol. The summed E-state index contributed by atoms with van der Waals surface area (Å²) < 4.78 is 14.7. The maximum atomic E-state index is 13.1. The Bertz CT molecular complexity index is 664. The van der Waals surface area contributed by atoms with E-state index < -0.39 is 0 Å². The molecule has 3 rings (SSSR count). The molecule has 0 amide bonds. The van der Waals surface area contributed by atoms with E-state index in [-0.39, 0.29) is 5.82 Å². The highest BCUT2D eigenvalue weighted by molar-refractivity contribution is 5.61. The fraction of sp³-hybridized carbons (Fsp3) is 0. The Morgan fingerprint density at radius 1 is 1.06 bits per heavy atom. The summed E-state index contributed by atoms with van der Waals surface area (Å²) >= 11 is 0. The zero-order valence-electron chi connectivity index (χ0n) is 9.36. The highest BCUT2D eigenvalue weighted by Gasteiger charge is 2.04. The molecule has 0 bridgehead atoms. The van der Waals surface area contributed by atoms with E-state index >= 15 is 0 Å². The highest BCUT2D eigenvalue weighted by Crippen LogP contribution is 2.20. The summed E-state index contributed by atoms with van der Waals surface area (Å²) in [4.78, 5) is 0. The monoisotopic (exact) mass is 240 g/mol. The zero-order valence-corrected chi connectivity index (χ0v) is 9.36. The molecule has 2 aromatic heterocycles. The third-order valence-corrected chi connectivity index (χ3v) is 2.53. The van der Waals surface area contributed by atoms with Gasteiger partial charge < -0.3 is 0 Å². The Morgan fingerprint density at radius 2 is 2.00 bits per heavy atom. The molecule has 3 aromatic rings. The summed E-state index contributed by atoms with van der Waals surface area (Å²) in [5.41, 5.74) is 1.62. The fourth-order valence-electron chi connectivity index (χ4n) is 1.68. The molecule has 88 valence electrons. The predicted molar refractivity (Wildman–Crippen MR) is 64.5 cm³/mol. The molecule has 0 fully saturated rings. The van der Waals surface area contributed by atoms with Gasteiger partial charge in [-0.05, 0) is 29.8 Å². The van der Waals surface area contributed by atoms with Gasteiger partial charge in [-0.2, -0.15) is 10.2 Å². The molecule has 18 heavy (non-hydrogen) atoms. The minimum absolute atomic E-state index is 0.264. The summed E-state index contributed by atoms with van der Waals surface area (Å²) in [5, 5.41) is 11.9. The molecule has 1 aromatic carbocycles. The first-order chi connectivity index (χ1) is 8.83. The van der Waals surface area contributed by atoms with Crippen molar-refractivity contribution in [2.24, 2.45) is 0 Å². The molecule has 0 aliphatic carbocycles. The van der Waals surface area contributed by atoms with Gasteiger partial charge in [-0.3, -0.25) is 0 Å². The van der Waals surface area contributed by atoms with Gasteiger partial charge in [0.2, 0.25) is 0 Å². The third-order valence-electron chi connectivity index (χ3n) is 2.53. The minimum atomic E-state index is -0.264. The first-order valence-corrected chi connectivity index (χ1v) is 5.41. The predicted octanol–water partition coefficient (Wildman–Crippen LogP) is 2.47. The first-order valence-electron chi connectivity index (χ1n) is 5.41. The average Bonchev–Trinajstić information content (AvgIpc) is 2.89. The van der Waals surface area contributed by atoms with E-state index in [1.807, 2.05) is 6.07 Å².